The van der Waals surface area contributed by atoms with Gasteiger partial charge < -0.3 is 9.47 Å². The van der Waals surface area contributed by atoms with Crippen LogP contribution < -0.4 is 0 Å². The average Bonchev–Trinajstić information content (AvgIpc) is 2.41. The Morgan fingerprint density at radius 2 is 2.00 bits per heavy atom. The fraction of sp³-hybridized carbons (Fsp3) is 0.765. The Labute approximate surface area is 117 Å². The SMILES string of the molecule is C1=C\CC(CCCCOC2CCCCO2)/C=C\CC/1. The van der Waals surface area contributed by atoms with Crippen molar-refractivity contribution in [3.8, 4) is 0 Å². The molecule has 19 heavy (non-hydrogen) atoms. The van der Waals surface area contributed by atoms with Crippen LogP contribution in [0.25, 0.3) is 0 Å². The lowest BCUT2D eigenvalue weighted by Crippen LogP contribution is -2.22. The third-order valence-electron chi connectivity index (χ3n) is 3.92. The molecule has 1 aliphatic heterocycles. The van der Waals surface area contributed by atoms with Crippen molar-refractivity contribution in [3.63, 3.8) is 0 Å². The Morgan fingerprint density at radius 3 is 2.89 bits per heavy atom. The van der Waals surface area contributed by atoms with Gasteiger partial charge in [0.05, 0.1) is 0 Å². The van der Waals surface area contributed by atoms with Crippen molar-refractivity contribution >= 4 is 0 Å². The van der Waals surface area contributed by atoms with Gasteiger partial charge in [0.1, 0.15) is 0 Å². The summed E-state index contributed by atoms with van der Waals surface area (Å²) in [6.45, 7) is 1.74. The number of hydrogen-bond donors (Lipinski definition) is 0. The summed E-state index contributed by atoms with van der Waals surface area (Å²) >= 11 is 0. The average molecular weight is 264 g/mol. The van der Waals surface area contributed by atoms with Crippen LogP contribution in [0.3, 0.4) is 0 Å². The summed E-state index contributed by atoms with van der Waals surface area (Å²) in [7, 11) is 0. The van der Waals surface area contributed by atoms with Gasteiger partial charge in [-0.3, -0.25) is 0 Å². The molecule has 2 rings (SSSR count). The predicted octanol–water partition coefficient (Wildman–Crippen LogP) is 4.61. The molecule has 0 radical (unpaired) electrons. The van der Waals surface area contributed by atoms with Crippen molar-refractivity contribution in [3.05, 3.63) is 24.3 Å². The van der Waals surface area contributed by atoms with Crippen LogP contribution in [0.15, 0.2) is 24.3 Å². The lowest BCUT2D eigenvalue weighted by molar-refractivity contribution is -0.162. The zero-order valence-corrected chi connectivity index (χ0v) is 12.1. The lowest BCUT2D eigenvalue weighted by atomic mass is 9.95. The molecule has 2 heteroatoms. The normalized spacial score (nSPS) is 31.4. The van der Waals surface area contributed by atoms with E-state index < -0.39 is 0 Å². The third kappa shape index (κ3) is 6.40. The molecule has 0 amide bonds. The van der Waals surface area contributed by atoms with Crippen LogP contribution >= 0.6 is 0 Å². The maximum absolute atomic E-state index is 5.76. The first-order valence-corrected chi connectivity index (χ1v) is 8.00. The predicted molar refractivity (Wildman–Crippen MR) is 79.0 cm³/mol. The van der Waals surface area contributed by atoms with Crippen molar-refractivity contribution in [2.45, 2.75) is 64.1 Å². The van der Waals surface area contributed by atoms with Gasteiger partial charge >= 0.3 is 0 Å². The molecule has 0 spiro atoms. The Bertz CT molecular complexity index is 277. The molecule has 0 N–H and O–H groups in total. The summed E-state index contributed by atoms with van der Waals surface area (Å²) in [6, 6.07) is 0. The minimum Gasteiger partial charge on any atom is -0.353 e. The molecular formula is C17H28O2. The van der Waals surface area contributed by atoms with Gasteiger partial charge in [-0.15, -0.1) is 0 Å². The summed E-state index contributed by atoms with van der Waals surface area (Å²) < 4.78 is 11.3. The van der Waals surface area contributed by atoms with E-state index in [1.54, 1.807) is 0 Å². The van der Waals surface area contributed by atoms with Gasteiger partial charge in [-0.2, -0.15) is 0 Å². The zero-order valence-electron chi connectivity index (χ0n) is 12.1. The standard InChI is InChI=1S/C17H28O2/c1-2-4-10-16(11-5-3-1)12-6-8-14-18-17-13-7-9-15-19-17/h2,4-5,11,16-17H,1,3,6-10,12-15H2/b4-2-,11-5-. The van der Waals surface area contributed by atoms with Crippen LogP contribution in [0.1, 0.15) is 57.8 Å². The van der Waals surface area contributed by atoms with Crippen LogP contribution in [-0.2, 0) is 9.47 Å². The highest BCUT2D eigenvalue weighted by atomic mass is 16.7. The van der Waals surface area contributed by atoms with Crippen LogP contribution in [0.2, 0.25) is 0 Å². The fourth-order valence-corrected chi connectivity index (χ4v) is 2.73. The highest BCUT2D eigenvalue weighted by molar-refractivity contribution is 4.98. The molecule has 2 aliphatic rings. The van der Waals surface area contributed by atoms with Gasteiger partial charge in [-0.1, -0.05) is 30.7 Å². The molecule has 108 valence electrons. The lowest BCUT2D eigenvalue weighted by Gasteiger charge is -2.22. The van der Waals surface area contributed by atoms with Crippen molar-refractivity contribution in [1.82, 2.24) is 0 Å². The first-order valence-electron chi connectivity index (χ1n) is 8.00. The molecule has 1 heterocycles. The Kier molecular flexibility index (Phi) is 7.27. The topological polar surface area (TPSA) is 18.5 Å². The van der Waals surface area contributed by atoms with E-state index in [0.29, 0.717) is 0 Å². The Hall–Kier alpha value is -0.600. The highest BCUT2D eigenvalue weighted by Gasteiger charge is 2.13. The largest absolute Gasteiger partial charge is 0.353 e. The molecule has 0 aromatic carbocycles. The van der Waals surface area contributed by atoms with Gasteiger partial charge in [0, 0.05) is 13.2 Å². The van der Waals surface area contributed by atoms with Gasteiger partial charge in [0.2, 0.25) is 0 Å². The molecule has 1 saturated heterocycles. The molecule has 2 atom stereocenters. The summed E-state index contributed by atoms with van der Waals surface area (Å²) in [5.41, 5.74) is 0. The number of unbranched alkanes of at least 4 members (excludes halogenated alkanes) is 1. The second kappa shape index (κ2) is 9.33. The van der Waals surface area contributed by atoms with Gasteiger partial charge in [-0.25, -0.2) is 0 Å². The maximum Gasteiger partial charge on any atom is 0.157 e. The number of allylic oxidation sites excluding steroid dienone is 4. The number of hydrogen-bond acceptors (Lipinski definition) is 2. The molecule has 1 fully saturated rings. The quantitative estimate of drug-likeness (QED) is 0.515. The van der Waals surface area contributed by atoms with E-state index in [1.165, 1.54) is 44.9 Å². The molecule has 1 aliphatic carbocycles. The first kappa shape index (κ1) is 14.8. The Morgan fingerprint density at radius 1 is 1.05 bits per heavy atom. The van der Waals surface area contributed by atoms with E-state index in [4.69, 9.17) is 9.47 Å². The summed E-state index contributed by atoms with van der Waals surface area (Å²) in [4.78, 5) is 0. The van der Waals surface area contributed by atoms with Crippen molar-refractivity contribution in [1.29, 1.82) is 0 Å². The van der Waals surface area contributed by atoms with Crippen molar-refractivity contribution in [2.24, 2.45) is 5.92 Å². The summed E-state index contributed by atoms with van der Waals surface area (Å²) in [5, 5.41) is 0. The molecule has 0 saturated carbocycles. The minimum absolute atomic E-state index is 0.0815. The number of rotatable bonds is 6. The van der Waals surface area contributed by atoms with Crippen LogP contribution in [0.4, 0.5) is 0 Å². The van der Waals surface area contributed by atoms with E-state index >= 15 is 0 Å². The number of ether oxygens (including phenoxy) is 2. The van der Waals surface area contributed by atoms with E-state index in [-0.39, 0.29) is 6.29 Å². The first-order chi connectivity index (χ1) is 9.45. The van der Waals surface area contributed by atoms with Gasteiger partial charge in [0.25, 0.3) is 0 Å². The van der Waals surface area contributed by atoms with Crippen LogP contribution in [0, 0.1) is 5.92 Å². The van der Waals surface area contributed by atoms with Gasteiger partial charge in [-0.05, 0) is 57.3 Å². The minimum atomic E-state index is 0.0815. The monoisotopic (exact) mass is 264 g/mol. The molecular weight excluding hydrogens is 236 g/mol. The van der Waals surface area contributed by atoms with Gasteiger partial charge in [0.15, 0.2) is 6.29 Å². The van der Waals surface area contributed by atoms with E-state index in [2.05, 4.69) is 24.3 Å². The molecule has 2 unspecified atom stereocenters. The van der Waals surface area contributed by atoms with Crippen LogP contribution in [0.5, 0.6) is 0 Å². The molecule has 0 aromatic rings. The Balaban J connectivity index is 1.50. The van der Waals surface area contributed by atoms with E-state index in [9.17, 15) is 0 Å². The third-order valence-corrected chi connectivity index (χ3v) is 3.92. The summed E-state index contributed by atoms with van der Waals surface area (Å²) in [6.07, 6.45) is 20.4. The van der Waals surface area contributed by atoms with E-state index in [1.807, 2.05) is 0 Å². The molecule has 0 bridgehead atoms. The summed E-state index contributed by atoms with van der Waals surface area (Å²) in [5.74, 6) is 0.738. The second-order valence-corrected chi connectivity index (χ2v) is 5.64. The fourth-order valence-electron chi connectivity index (χ4n) is 2.73. The smallest absolute Gasteiger partial charge is 0.157 e. The highest BCUT2D eigenvalue weighted by Crippen LogP contribution is 2.19. The van der Waals surface area contributed by atoms with E-state index in [0.717, 1.165) is 32.0 Å². The molecule has 2 nitrogen and oxygen atoms in total. The molecule has 0 aromatic heterocycles. The van der Waals surface area contributed by atoms with Crippen molar-refractivity contribution < 1.29 is 9.47 Å². The second-order valence-electron chi connectivity index (χ2n) is 5.64. The van der Waals surface area contributed by atoms with Crippen molar-refractivity contribution in [2.75, 3.05) is 13.2 Å². The van der Waals surface area contributed by atoms with Crippen LogP contribution in [-0.4, -0.2) is 19.5 Å². The maximum atomic E-state index is 5.76. The zero-order chi connectivity index (χ0) is 13.2.